The number of nitrogens with one attached hydrogen (secondary N) is 1. The van der Waals surface area contributed by atoms with E-state index in [1.54, 1.807) is 23.9 Å². The van der Waals surface area contributed by atoms with Crippen molar-refractivity contribution in [3.8, 4) is 6.07 Å². The minimum Gasteiger partial charge on any atom is -0.299 e. The van der Waals surface area contributed by atoms with Gasteiger partial charge in [-0.05, 0) is 43.5 Å². The summed E-state index contributed by atoms with van der Waals surface area (Å²) in [7, 11) is -3.13. The standard InChI is InChI=1S/C14H18N2O2S2/c1-20(17,18)14-6-4-13(5-7-14)19-9-8-12(10-15)16-11-2-3-11/h4-7,11-12,16H,2-3,8-9H2,1H3. The lowest BCUT2D eigenvalue weighted by molar-refractivity contribution is 0.587. The van der Waals surface area contributed by atoms with Crippen LogP contribution < -0.4 is 5.32 Å². The highest BCUT2D eigenvalue weighted by molar-refractivity contribution is 7.99. The van der Waals surface area contributed by atoms with Gasteiger partial charge in [0.15, 0.2) is 9.84 Å². The summed E-state index contributed by atoms with van der Waals surface area (Å²) in [6, 6.07) is 9.63. The summed E-state index contributed by atoms with van der Waals surface area (Å²) in [5, 5.41) is 12.3. The first-order chi connectivity index (χ1) is 9.49. The van der Waals surface area contributed by atoms with E-state index in [1.165, 1.54) is 19.1 Å². The van der Waals surface area contributed by atoms with Crippen molar-refractivity contribution in [3.05, 3.63) is 24.3 Å². The third kappa shape index (κ3) is 4.82. The first-order valence-corrected chi connectivity index (χ1v) is 9.45. The van der Waals surface area contributed by atoms with Crippen LogP contribution in [0.4, 0.5) is 0 Å². The molecule has 6 heteroatoms. The fourth-order valence-electron chi connectivity index (χ4n) is 1.80. The second kappa shape index (κ2) is 6.61. The van der Waals surface area contributed by atoms with Crippen LogP contribution in [0.25, 0.3) is 0 Å². The molecular weight excluding hydrogens is 292 g/mol. The van der Waals surface area contributed by atoms with E-state index >= 15 is 0 Å². The van der Waals surface area contributed by atoms with Crippen LogP contribution in [0.1, 0.15) is 19.3 Å². The van der Waals surface area contributed by atoms with Gasteiger partial charge < -0.3 is 0 Å². The van der Waals surface area contributed by atoms with E-state index in [-0.39, 0.29) is 6.04 Å². The molecule has 1 unspecified atom stereocenters. The molecular formula is C14H18N2O2S2. The van der Waals surface area contributed by atoms with Gasteiger partial charge in [-0.3, -0.25) is 5.32 Å². The molecule has 0 radical (unpaired) electrons. The summed E-state index contributed by atoms with van der Waals surface area (Å²) in [4.78, 5) is 1.37. The largest absolute Gasteiger partial charge is 0.299 e. The molecule has 0 heterocycles. The predicted octanol–water partition coefficient (Wildman–Crippen LogP) is 2.22. The Balaban J connectivity index is 1.80. The number of benzene rings is 1. The van der Waals surface area contributed by atoms with E-state index in [4.69, 9.17) is 5.26 Å². The van der Waals surface area contributed by atoms with Gasteiger partial charge in [-0.15, -0.1) is 11.8 Å². The summed E-state index contributed by atoms with van der Waals surface area (Å²) in [5.74, 6) is 0.843. The van der Waals surface area contributed by atoms with E-state index < -0.39 is 9.84 Å². The van der Waals surface area contributed by atoms with Crippen LogP contribution in [-0.4, -0.2) is 32.5 Å². The van der Waals surface area contributed by atoms with Gasteiger partial charge in [0.25, 0.3) is 0 Å². The molecule has 0 aliphatic heterocycles. The maximum absolute atomic E-state index is 11.3. The zero-order valence-electron chi connectivity index (χ0n) is 11.4. The molecule has 2 rings (SSSR count). The highest BCUT2D eigenvalue weighted by Crippen LogP contribution is 2.23. The Labute approximate surface area is 124 Å². The van der Waals surface area contributed by atoms with Crippen molar-refractivity contribution in [1.82, 2.24) is 5.32 Å². The maximum atomic E-state index is 11.3. The number of hydrogen-bond donors (Lipinski definition) is 1. The Morgan fingerprint density at radius 3 is 2.55 bits per heavy atom. The van der Waals surface area contributed by atoms with Crippen molar-refractivity contribution >= 4 is 21.6 Å². The molecule has 1 saturated carbocycles. The molecule has 1 atom stereocenters. The van der Waals surface area contributed by atoms with Gasteiger partial charge in [0.05, 0.1) is 17.0 Å². The summed E-state index contributed by atoms with van der Waals surface area (Å²) >= 11 is 1.65. The van der Waals surface area contributed by atoms with Crippen LogP contribution >= 0.6 is 11.8 Å². The predicted molar refractivity (Wildman–Crippen MR) is 80.5 cm³/mol. The molecule has 0 saturated heterocycles. The normalized spacial score (nSPS) is 16.6. The third-order valence-electron chi connectivity index (χ3n) is 3.10. The molecule has 0 amide bonds. The minimum atomic E-state index is -3.13. The van der Waals surface area contributed by atoms with Gasteiger partial charge in [0.2, 0.25) is 0 Å². The lowest BCUT2D eigenvalue weighted by Gasteiger charge is -2.10. The molecule has 1 aromatic rings. The molecule has 1 aliphatic carbocycles. The average molecular weight is 310 g/mol. The van der Waals surface area contributed by atoms with Crippen LogP contribution in [-0.2, 0) is 9.84 Å². The molecule has 20 heavy (non-hydrogen) atoms. The summed E-state index contributed by atoms with van der Waals surface area (Å²) < 4.78 is 22.7. The number of nitrogens with zero attached hydrogens (tertiary/aromatic N) is 1. The lowest BCUT2D eigenvalue weighted by Crippen LogP contribution is -2.29. The molecule has 1 aromatic carbocycles. The van der Waals surface area contributed by atoms with Gasteiger partial charge in [0.1, 0.15) is 0 Å². The third-order valence-corrected chi connectivity index (χ3v) is 5.27. The van der Waals surface area contributed by atoms with E-state index in [0.717, 1.165) is 17.1 Å². The summed E-state index contributed by atoms with van der Waals surface area (Å²) in [5.41, 5.74) is 0. The van der Waals surface area contributed by atoms with E-state index in [9.17, 15) is 8.42 Å². The molecule has 0 bridgehead atoms. The number of hydrogen-bond acceptors (Lipinski definition) is 5. The Hall–Kier alpha value is -1.03. The van der Waals surface area contributed by atoms with Crippen LogP contribution in [0.2, 0.25) is 0 Å². The molecule has 1 N–H and O–H groups in total. The smallest absolute Gasteiger partial charge is 0.175 e. The van der Waals surface area contributed by atoms with Gasteiger partial charge in [0, 0.05) is 22.9 Å². The summed E-state index contributed by atoms with van der Waals surface area (Å²) in [6.45, 7) is 0. The Morgan fingerprint density at radius 1 is 1.40 bits per heavy atom. The molecule has 4 nitrogen and oxygen atoms in total. The van der Waals surface area contributed by atoms with Crippen LogP contribution in [0.5, 0.6) is 0 Å². The fourth-order valence-corrected chi connectivity index (χ4v) is 3.35. The maximum Gasteiger partial charge on any atom is 0.175 e. The Bertz CT molecular complexity index is 587. The van der Waals surface area contributed by atoms with E-state index in [0.29, 0.717) is 10.9 Å². The molecule has 1 fully saturated rings. The van der Waals surface area contributed by atoms with E-state index in [1.807, 2.05) is 12.1 Å². The highest BCUT2D eigenvalue weighted by atomic mass is 32.2. The minimum absolute atomic E-state index is 0.0784. The van der Waals surface area contributed by atoms with Crippen LogP contribution in [0.3, 0.4) is 0 Å². The van der Waals surface area contributed by atoms with Crippen molar-refractivity contribution in [1.29, 1.82) is 5.26 Å². The van der Waals surface area contributed by atoms with Crippen molar-refractivity contribution in [2.75, 3.05) is 12.0 Å². The zero-order valence-corrected chi connectivity index (χ0v) is 13.0. The molecule has 0 spiro atoms. The first kappa shape index (κ1) is 15.4. The average Bonchev–Trinajstić information content (AvgIpc) is 3.21. The van der Waals surface area contributed by atoms with Crippen molar-refractivity contribution < 1.29 is 8.42 Å². The lowest BCUT2D eigenvalue weighted by atomic mass is 10.2. The fraction of sp³-hybridized carbons (Fsp3) is 0.500. The zero-order chi connectivity index (χ0) is 14.6. The topological polar surface area (TPSA) is 70.0 Å². The quantitative estimate of drug-likeness (QED) is 0.782. The van der Waals surface area contributed by atoms with Crippen LogP contribution in [0, 0.1) is 11.3 Å². The number of rotatable bonds is 7. The molecule has 1 aliphatic rings. The van der Waals surface area contributed by atoms with Crippen molar-refractivity contribution in [2.24, 2.45) is 0 Å². The Morgan fingerprint density at radius 2 is 2.05 bits per heavy atom. The van der Waals surface area contributed by atoms with Gasteiger partial charge in [-0.1, -0.05) is 0 Å². The van der Waals surface area contributed by atoms with Gasteiger partial charge in [-0.2, -0.15) is 5.26 Å². The van der Waals surface area contributed by atoms with E-state index in [2.05, 4.69) is 11.4 Å². The number of sulfone groups is 1. The van der Waals surface area contributed by atoms with Crippen LogP contribution in [0.15, 0.2) is 34.1 Å². The molecule has 108 valence electrons. The van der Waals surface area contributed by atoms with Crippen molar-refractivity contribution in [2.45, 2.75) is 41.1 Å². The second-order valence-corrected chi connectivity index (χ2v) is 8.19. The Kier molecular flexibility index (Phi) is 5.08. The highest BCUT2D eigenvalue weighted by Gasteiger charge is 2.24. The number of thioether (sulfide) groups is 1. The molecule has 0 aromatic heterocycles. The second-order valence-electron chi connectivity index (χ2n) is 5.00. The van der Waals surface area contributed by atoms with Crippen molar-refractivity contribution in [3.63, 3.8) is 0 Å². The number of nitriles is 1. The monoisotopic (exact) mass is 310 g/mol. The first-order valence-electron chi connectivity index (χ1n) is 6.57. The SMILES string of the molecule is CS(=O)(=O)c1ccc(SCCC(C#N)NC2CC2)cc1. The van der Waals surface area contributed by atoms with Gasteiger partial charge in [-0.25, -0.2) is 8.42 Å². The van der Waals surface area contributed by atoms with Gasteiger partial charge >= 0.3 is 0 Å². The summed E-state index contributed by atoms with van der Waals surface area (Å²) in [6.07, 6.45) is 4.36.